The first kappa shape index (κ1) is 23.1. The summed E-state index contributed by atoms with van der Waals surface area (Å²) in [7, 11) is 0. The van der Waals surface area contributed by atoms with E-state index in [4.69, 9.17) is 4.52 Å². The van der Waals surface area contributed by atoms with Gasteiger partial charge in [0.15, 0.2) is 5.82 Å². The number of benzene rings is 1. The van der Waals surface area contributed by atoms with Crippen LogP contribution >= 0.6 is 0 Å². The van der Waals surface area contributed by atoms with E-state index in [0.29, 0.717) is 23.1 Å². The number of pyridine rings is 1. The zero-order valence-corrected chi connectivity index (χ0v) is 18.6. The average molecular weight is 470 g/mol. The molecule has 4 aromatic rings. The summed E-state index contributed by atoms with van der Waals surface area (Å²) in [6.45, 7) is 5.63. The van der Waals surface area contributed by atoms with Crippen molar-refractivity contribution < 1.29 is 22.5 Å². The van der Waals surface area contributed by atoms with Crippen LogP contribution in [0.15, 0.2) is 59.6 Å². The molecule has 34 heavy (non-hydrogen) atoms. The van der Waals surface area contributed by atoms with Crippen molar-refractivity contribution in [2.24, 2.45) is 0 Å². The number of imidazole rings is 1. The average Bonchev–Trinajstić information content (AvgIpc) is 3.47. The summed E-state index contributed by atoms with van der Waals surface area (Å²) >= 11 is 0. The molecule has 0 aliphatic heterocycles. The van der Waals surface area contributed by atoms with Gasteiger partial charge in [0.25, 0.3) is 11.8 Å². The smallest absolute Gasteiger partial charge is 0.347 e. The van der Waals surface area contributed by atoms with Crippen LogP contribution in [0.5, 0.6) is 0 Å². The Hall–Kier alpha value is -4.02. The summed E-state index contributed by atoms with van der Waals surface area (Å²) in [6, 6.07) is 8.49. The Bertz CT molecular complexity index is 1320. The van der Waals surface area contributed by atoms with E-state index in [1.54, 1.807) is 18.3 Å². The first-order chi connectivity index (χ1) is 16.0. The Morgan fingerprint density at radius 2 is 1.88 bits per heavy atom. The third-order valence-electron chi connectivity index (χ3n) is 4.93. The molecule has 176 valence electrons. The van der Waals surface area contributed by atoms with Crippen LogP contribution in [0.1, 0.15) is 48.2 Å². The maximum Gasteiger partial charge on any atom is 0.416 e. The van der Waals surface area contributed by atoms with Crippen LogP contribution in [0.2, 0.25) is 0 Å². The number of halogens is 3. The minimum Gasteiger partial charge on any atom is -0.347 e. The highest BCUT2D eigenvalue weighted by Gasteiger charge is 2.32. The number of amides is 1. The van der Waals surface area contributed by atoms with E-state index in [-0.39, 0.29) is 23.2 Å². The molecule has 4 rings (SSSR count). The zero-order chi connectivity index (χ0) is 24.5. The predicted molar refractivity (Wildman–Crippen MR) is 116 cm³/mol. The van der Waals surface area contributed by atoms with Gasteiger partial charge in [0.05, 0.1) is 5.56 Å². The van der Waals surface area contributed by atoms with Crippen molar-refractivity contribution in [1.82, 2.24) is 30.0 Å². The summed E-state index contributed by atoms with van der Waals surface area (Å²) in [4.78, 5) is 25.2. The maximum absolute atomic E-state index is 13.2. The van der Waals surface area contributed by atoms with Gasteiger partial charge in [0.2, 0.25) is 0 Å². The van der Waals surface area contributed by atoms with Gasteiger partial charge in [-0.15, -0.1) is 0 Å². The monoisotopic (exact) mass is 470 g/mol. The summed E-state index contributed by atoms with van der Waals surface area (Å²) in [5.41, 5.74) is -0.435. The first-order valence-electron chi connectivity index (χ1n) is 10.3. The van der Waals surface area contributed by atoms with Crippen LogP contribution < -0.4 is 5.32 Å². The molecule has 8 nitrogen and oxygen atoms in total. The van der Waals surface area contributed by atoms with E-state index in [2.05, 4.69) is 25.4 Å². The highest BCUT2D eigenvalue weighted by Crippen LogP contribution is 2.31. The molecular weight excluding hydrogens is 449 g/mol. The van der Waals surface area contributed by atoms with Crippen molar-refractivity contribution in [3.8, 4) is 17.3 Å². The van der Waals surface area contributed by atoms with Crippen molar-refractivity contribution in [3.05, 3.63) is 77.8 Å². The summed E-state index contributed by atoms with van der Waals surface area (Å²) < 4.78 is 46.3. The number of aromatic nitrogens is 5. The lowest BCUT2D eigenvalue weighted by Crippen LogP contribution is -2.24. The van der Waals surface area contributed by atoms with E-state index in [0.717, 1.165) is 6.07 Å². The highest BCUT2D eigenvalue weighted by molar-refractivity contribution is 5.92. The largest absolute Gasteiger partial charge is 0.416 e. The van der Waals surface area contributed by atoms with E-state index in [1.165, 1.54) is 35.3 Å². The van der Waals surface area contributed by atoms with Crippen LogP contribution in [0.25, 0.3) is 17.3 Å². The summed E-state index contributed by atoms with van der Waals surface area (Å²) in [5.74, 6) is 0.727. The number of hydrogen-bond donors (Lipinski definition) is 1. The number of nitrogens with one attached hydrogen (secondary N) is 1. The van der Waals surface area contributed by atoms with Crippen molar-refractivity contribution >= 4 is 5.91 Å². The zero-order valence-electron chi connectivity index (χ0n) is 18.6. The van der Waals surface area contributed by atoms with Gasteiger partial charge in [-0.1, -0.05) is 44.1 Å². The fourth-order valence-corrected chi connectivity index (χ4v) is 3.12. The molecule has 0 saturated carbocycles. The molecule has 0 atom stereocenters. The minimum absolute atomic E-state index is 0.0319. The normalized spacial score (nSPS) is 12.1. The second-order valence-corrected chi connectivity index (χ2v) is 8.58. The standard InChI is InChI=1S/C23H21F3N6O2/c1-22(2,3)21-30-20(34-31-21)14-8-9-27-18(10-14)32-12-17(29-13-32)19(33)28-11-15-6-4-5-7-16(15)23(24,25)26/h4-10,12-13H,11H2,1-3H3,(H,28,33). The maximum atomic E-state index is 13.2. The van der Waals surface area contributed by atoms with Crippen molar-refractivity contribution in [1.29, 1.82) is 0 Å². The molecule has 1 amide bonds. The molecule has 0 bridgehead atoms. The molecule has 1 aromatic carbocycles. The molecule has 0 aliphatic carbocycles. The molecule has 0 aliphatic rings. The van der Waals surface area contributed by atoms with Crippen molar-refractivity contribution in [3.63, 3.8) is 0 Å². The SMILES string of the molecule is CC(C)(C)c1noc(-c2ccnc(-n3cnc(C(=O)NCc4ccccc4C(F)(F)F)c3)c2)n1. The molecule has 0 unspecified atom stereocenters. The van der Waals surface area contributed by atoms with Gasteiger partial charge in [-0.05, 0) is 23.8 Å². The van der Waals surface area contributed by atoms with Gasteiger partial charge in [-0.25, -0.2) is 9.97 Å². The van der Waals surface area contributed by atoms with E-state index < -0.39 is 17.6 Å². The first-order valence-corrected chi connectivity index (χ1v) is 10.3. The fraction of sp³-hybridized carbons (Fsp3) is 0.261. The van der Waals surface area contributed by atoms with Gasteiger partial charge in [0, 0.05) is 29.9 Å². The number of alkyl halides is 3. The Labute approximate surface area is 192 Å². The van der Waals surface area contributed by atoms with Gasteiger partial charge >= 0.3 is 6.18 Å². The highest BCUT2D eigenvalue weighted by atomic mass is 19.4. The van der Waals surface area contributed by atoms with Crippen LogP contribution in [0.3, 0.4) is 0 Å². The Kier molecular flexibility index (Phi) is 5.94. The van der Waals surface area contributed by atoms with E-state index in [1.807, 2.05) is 20.8 Å². The van der Waals surface area contributed by atoms with Gasteiger partial charge in [0.1, 0.15) is 17.8 Å². The van der Waals surface area contributed by atoms with Crippen LogP contribution in [-0.4, -0.2) is 30.6 Å². The van der Waals surface area contributed by atoms with Crippen LogP contribution in [0, 0.1) is 0 Å². The molecule has 11 heteroatoms. The lowest BCUT2D eigenvalue weighted by atomic mass is 9.96. The number of carbonyl (C=O) groups is 1. The molecule has 0 fully saturated rings. The van der Waals surface area contributed by atoms with E-state index in [9.17, 15) is 18.0 Å². The van der Waals surface area contributed by atoms with Crippen molar-refractivity contribution in [2.45, 2.75) is 38.9 Å². The predicted octanol–water partition coefficient (Wildman–Crippen LogP) is 4.56. The molecule has 3 heterocycles. The topological polar surface area (TPSA) is 98.7 Å². The molecule has 0 spiro atoms. The number of rotatable bonds is 5. The molecular formula is C23H21F3N6O2. The van der Waals surface area contributed by atoms with Gasteiger partial charge in [-0.3, -0.25) is 9.36 Å². The third-order valence-corrected chi connectivity index (χ3v) is 4.93. The Morgan fingerprint density at radius 1 is 1.12 bits per heavy atom. The molecule has 0 radical (unpaired) electrons. The van der Waals surface area contributed by atoms with Crippen LogP contribution in [0.4, 0.5) is 13.2 Å². The van der Waals surface area contributed by atoms with Crippen LogP contribution in [-0.2, 0) is 18.1 Å². The second-order valence-electron chi connectivity index (χ2n) is 8.58. The number of carbonyl (C=O) groups excluding carboxylic acids is 1. The Balaban J connectivity index is 1.49. The second kappa shape index (κ2) is 8.73. The lowest BCUT2D eigenvalue weighted by Gasteiger charge is -2.12. The summed E-state index contributed by atoms with van der Waals surface area (Å²) in [5, 5.41) is 6.49. The lowest BCUT2D eigenvalue weighted by molar-refractivity contribution is -0.138. The minimum atomic E-state index is -4.51. The quantitative estimate of drug-likeness (QED) is 0.459. The molecule has 0 saturated heterocycles. The fourth-order valence-electron chi connectivity index (χ4n) is 3.12. The Morgan fingerprint density at radius 3 is 2.59 bits per heavy atom. The summed E-state index contributed by atoms with van der Waals surface area (Å²) in [6.07, 6.45) is -0.129. The van der Waals surface area contributed by atoms with E-state index >= 15 is 0 Å². The number of nitrogens with zero attached hydrogens (tertiary/aromatic N) is 5. The third kappa shape index (κ3) is 4.98. The number of hydrogen-bond acceptors (Lipinski definition) is 6. The van der Waals surface area contributed by atoms with Gasteiger partial charge in [-0.2, -0.15) is 18.2 Å². The molecule has 3 aromatic heterocycles. The molecule has 1 N–H and O–H groups in total. The van der Waals surface area contributed by atoms with Crippen molar-refractivity contribution in [2.75, 3.05) is 0 Å². The van der Waals surface area contributed by atoms with Gasteiger partial charge < -0.3 is 9.84 Å².